The average Bonchev–Trinajstić information content (AvgIpc) is 3.97. The summed E-state index contributed by atoms with van der Waals surface area (Å²) in [6.07, 6.45) is 7.59. The third-order valence-electron chi connectivity index (χ3n) is 15.5. The summed E-state index contributed by atoms with van der Waals surface area (Å²) in [5, 5.41) is 0. The van der Waals surface area contributed by atoms with E-state index in [0.717, 1.165) is 117 Å². The zero-order chi connectivity index (χ0) is 52.5. The first-order valence-corrected chi connectivity index (χ1v) is 26.9. The van der Waals surface area contributed by atoms with E-state index in [4.69, 9.17) is 9.73 Å². The summed E-state index contributed by atoms with van der Waals surface area (Å²) >= 11 is 0. The number of fused-ring (bicyclic) bond motifs is 3. The molecule has 2 aliphatic heterocycles. The van der Waals surface area contributed by atoms with Gasteiger partial charge in [-0.15, -0.1) is 0 Å². The average molecular weight is 1010 g/mol. The number of hydrogen-bond donors (Lipinski definition) is 0. The molecule has 0 aliphatic carbocycles. The lowest BCUT2D eigenvalue weighted by Gasteiger charge is -2.23. The summed E-state index contributed by atoms with van der Waals surface area (Å²) in [6.45, 7) is 0. The molecule has 372 valence electrons. The number of aromatic nitrogens is 2. The van der Waals surface area contributed by atoms with E-state index < -0.39 is 0 Å². The van der Waals surface area contributed by atoms with Crippen molar-refractivity contribution in [1.29, 1.82) is 0 Å². The molecule has 12 aromatic rings. The van der Waals surface area contributed by atoms with Crippen LogP contribution in [0.4, 0.5) is 0 Å². The fourth-order valence-electron chi connectivity index (χ4n) is 11.6. The molecule has 0 bridgehead atoms. The number of nitrogens with zero attached hydrogens (tertiary/aromatic N) is 3. The van der Waals surface area contributed by atoms with Gasteiger partial charge in [0.2, 0.25) is 0 Å². The Hall–Kier alpha value is -10.3. The summed E-state index contributed by atoms with van der Waals surface area (Å²) < 4.78 is 6.71. The van der Waals surface area contributed by atoms with Crippen molar-refractivity contribution in [2.75, 3.05) is 0 Å². The Bertz CT molecular complexity index is 4100. The van der Waals surface area contributed by atoms with Crippen LogP contribution in [0.2, 0.25) is 0 Å². The van der Waals surface area contributed by atoms with E-state index in [-0.39, 0.29) is 12.0 Å². The number of benzene rings is 10. The first-order chi connectivity index (χ1) is 39.2. The molecule has 14 rings (SSSR count). The molecule has 79 heavy (non-hydrogen) atoms. The Morgan fingerprint density at radius 3 is 1.23 bits per heavy atom. The summed E-state index contributed by atoms with van der Waals surface area (Å²) in [5.74, 6) is 1.01. The monoisotopic (exact) mass is 1010 g/mol. The first kappa shape index (κ1) is 47.2. The van der Waals surface area contributed by atoms with Gasteiger partial charge in [0.1, 0.15) is 5.75 Å². The highest BCUT2D eigenvalue weighted by molar-refractivity contribution is 6.08. The van der Waals surface area contributed by atoms with Gasteiger partial charge in [-0.1, -0.05) is 224 Å². The van der Waals surface area contributed by atoms with Crippen molar-refractivity contribution in [1.82, 2.24) is 9.97 Å². The Labute approximate surface area is 461 Å². The van der Waals surface area contributed by atoms with Crippen molar-refractivity contribution in [2.24, 2.45) is 4.99 Å². The Morgan fingerprint density at radius 1 is 0.278 bits per heavy atom. The van der Waals surface area contributed by atoms with Crippen molar-refractivity contribution < 1.29 is 4.74 Å². The lowest BCUT2D eigenvalue weighted by Crippen LogP contribution is -2.31. The molecule has 0 saturated carbocycles. The van der Waals surface area contributed by atoms with E-state index in [0.29, 0.717) is 0 Å². The second kappa shape index (κ2) is 20.7. The van der Waals surface area contributed by atoms with E-state index in [1.807, 2.05) is 48.9 Å². The zero-order valence-corrected chi connectivity index (χ0v) is 43.2. The van der Waals surface area contributed by atoms with Gasteiger partial charge in [-0.05, 0) is 144 Å². The normalized spacial score (nSPS) is 14.2. The molecule has 0 N–H and O–H groups in total. The van der Waals surface area contributed by atoms with Gasteiger partial charge in [-0.25, -0.2) is 0 Å². The van der Waals surface area contributed by atoms with Crippen LogP contribution in [0.3, 0.4) is 0 Å². The van der Waals surface area contributed by atoms with Crippen LogP contribution in [-0.4, -0.2) is 21.8 Å². The van der Waals surface area contributed by atoms with Crippen LogP contribution in [0.1, 0.15) is 17.0 Å². The number of aliphatic imine (C=N–C) groups is 1. The maximum Gasteiger partial charge on any atom is 0.152 e. The first-order valence-electron chi connectivity index (χ1n) is 26.9. The highest BCUT2D eigenvalue weighted by Crippen LogP contribution is 2.46. The maximum atomic E-state index is 6.71. The van der Waals surface area contributed by atoms with Crippen molar-refractivity contribution in [3.63, 3.8) is 0 Å². The van der Waals surface area contributed by atoms with Gasteiger partial charge in [0.15, 0.2) is 6.10 Å². The van der Waals surface area contributed by atoms with Crippen LogP contribution in [0.5, 0.6) is 5.75 Å². The number of pyridine rings is 2. The molecule has 4 heterocycles. The molecule has 2 unspecified atom stereocenters. The second-order valence-electron chi connectivity index (χ2n) is 20.2. The topological polar surface area (TPSA) is 47.4 Å². The van der Waals surface area contributed by atoms with Crippen molar-refractivity contribution >= 4 is 5.71 Å². The van der Waals surface area contributed by atoms with Gasteiger partial charge in [0, 0.05) is 40.8 Å². The SMILES string of the molecule is C1=CC2c3ccccc3OC2C(c2ccc(-c3ccccc3-c3cc(-c4ccccc4-c4ccc(-c5ccccn5)cc4)cc(-c4ccccc4-c4ccc(-c5ccccn5)cc4)c3)c(-c3ccc(-c4ccccc4)cc3)c2)=N1. The van der Waals surface area contributed by atoms with Crippen LogP contribution in [-0.2, 0) is 0 Å². The van der Waals surface area contributed by atoms with Gasteiger partial charge in [0.05, 0.1) is 23.0 Å². The summed E-state index contributed by atoms with van der Waals surface area (Å²) in [6, 6.07) is 98.1. The molecule has 2 aliphatic rings. The summed E-state index contributed by atoms with van der Waals surface area (Å²) in [5.41, 5.74) is 25.4. The minimum atomic E-state index is -0.224. The summed E-state index contributed by atoms with van der Waals surface area (Å²) in [4.78, 5) is 14.3. The largest absolute Gasteiger partial charge is 0.483 e. The van der Waals surface area contributed by atoms with E-state index in [9.17, 15) is 0 Å². The number of rotatable bonds is 11. The standard InChI is InChI=1S/C75H51N3O/c1-2-16-50(17-3-1)51-28-30-54(31-29-51)70-49-57(74-75-69(42-45-78-74)68-24-10-11-27-73(68)79-75)40-41-67(70)66-23-9-8-22-65(66)60-47-58(63-20-6-4-18-61(63)52-32-36-55(37-33-52)71-25-12-14-43-76-71)46-59(48-60)64-21-7-5-19-62(64)53-34-38-56(39-35-53)72-26-13-15-44-77-72/h1-49,69,75H. The number of hydrogen-bond acceptors (Lipinski definition) is 4. The minimum Gasteiger partial charge on any atom is -0.483 e. The van der Waals surface area contributed by atoms with Crippen molar-refractivity contribution in [3.05, 3.63) is 309 Å². The van der Waals surface area contributed by atoms with Crippen molar-refractivity contribution in [3.8, 4) is 117 Å². The fourth-order valence-corrected chi connectivity index (χ4v) is 11.6. The van der Waals surface area contributed by atoms with E-state index >= 15 is 0 Å². The molecule has 2 aromatic heterocycles. The molecule has 2 atom stereocenters. The number of ether oxygens (including phenoxy) is 1. The molecular weight excluding hydrogens is 959 g/mol. The van der Waals surface area contributed by atoms with Gasteiger partial charge in [-0.2, -0.15) is 0 Å². The molecular formula is C75H51N3O. The highest BCUT2D eigenvalue weighted by atomic mass is 16.5. The zero-order valence-electron chi connectivity index (χ0n) is 43.2. The predicted molar refractivity (Wildman–Crippen MR) is 326 cm³/mol. The molecule has 4 heteroatoms. The molecule has 0 radical (unpaired) electrons. The van der Waals surface area contributed by atoms with Crippen LogP contribution in [0, 0.1) is 0 Å². The van der Waals surface area contributed by atoms with E-state index in [2.05, 4.69) is 259 Å². The maximum absolute atomic E-state index is 6.71. The Morgan fingerprint density at radius 2 is 0.684 bits per heavy atom. The molecule has 4 nitrogen and oxygen atoms in total. The second-order valence-corrected chi connectivity index (χ2v) is 20.2. The third kappa shape index (κ3) is 9.15. The Balaban J connectivity index is 0.934. The van der Waals surface area contributed by atoms with Gasteiger partial charge in [0.25, 0.3) is 0 Å². The smallest absolute Gasteiger partial charge is 0.152 e. The van der Waals surface area contributed by atoms with E-state index in [1.54, 1.807) is 0 Å². The molecule has 0 fully saturated rings. The van der Waals surface area contributed by atoms with Gasteiger partial charge >= 0.3 is 0 Å². The lowest BCUT2D eigenvalue weighted by atomic mass is 9.83. The van der Waals surface area contributed by atoms with Crippen LogP contribution >= 0.6 is 0 Å². The summed E-state index contributed by atoms with van der Waals surface area (Å²) in [7, 11) is 0. The molecule has 0 amide bonds. The van der Waals surface area contributed by atoms with Crippen molar-refractivity contribution in [2.45, 2.75) is 12.0 Å². The van der Waals surface area contributed by atoms with Gasteiger partial charge < -0.3 is 4.74 Å². The van der Waals surface area contributed by atoms with Gasteiger partial charge in [-0.3, -0.25) is 15.0 Å². The molecule has 0 spiro atoms. The minimum absolute atomic E-state index is 0.0892. The fraction of sp³-hybridized carbons (Fsp3) is 0.0267. The highest BCUT2D eigenvalue weighted by Gasteiger charge is 2.38. The van der Waals surface area contributed by atoms with Crippen LogP contribution < -0.4 is 4.74 Å². The lowest BCUT2D eigenvalue weighted by molar-refractivity contribution is 0.287. The third-order valence-corrected chi connectivity index (χ3v) is 15.5. The Kier molecular flexibility index (Phi) is 12.4. The number of para-hydroxylation sites is 1. The van der Waals surface area contributed by atoms with Crippen LogP contribution in [0.15, 0.2) is 303 Å². The van der Waals surface area contributed by atoms with Crippen LogP contribution in [0.25, 0.3) is 112 Å². The molecule has 10 aromatic carbocycles. The quantitative estimate of drug-likeness (QED) is 0.130. The van der Waals surface area contributed by atoms with E-state index in [1.165, 1.54) is 16.7 Å². The molecule has 0 saturated heterocycles. The predicted octanol–water partition coefficient (Wildman–Crippen LogP) is 19.0.